The maximum atomic E-state index is 12.8. The SMILES string of the molecule is COc1cccc(NC(=O)C(=O)N2CCN(C(=O)c3cc4ccccc4[nH]3)CC2)c1. The highest BCUT2D eigenvalue weighted by Crippen LogP contribution is 2.18. The van der Waals surface area contributed by atoms with Crippen LogP contribution >= 0.6 is 0 Å². The molecule has 2 heterocycles. The number of piperazine rings is 1. The fraction of sp³-hybridized carbons (Fsp3) is 0.227. The molecule has 3 aromatic rings. The molecule has 0 spiro atoms. The minimum absolute atomic E-state index is 0.112. The van der Waals surface area contributed by atoms with Gasteiger partial charge in [0.05, 0.1) is 7.11 Å². The molecule has 2 N–H and O–H groups in total. The van der Waals surface area contributed by atoms with Crippen molar-refractivity contribution >= 4 is 34.3 Å². The molecule has 1 aromatic heterocycles. The van der Waals surface area contributed by atoms with E-state index >= 15 is 0 Å². The Morgan fingerprint density at radius 3 is 2.40 bits per heavy atom. The number of fused-ring (bicyclic) bond motifs is 1. The Balaban J connectivity index is 1.34. The van der Waals surface area contributed by atoms with E-state index in [0.717, 1.165) is 10.9 Å². The number of anilines is 1. The predicted octanol–water partition coefficient (Wildman–Crippen LogP) is 2.10. The molecule has 0 bridgehead atoms. The lowest BCUT2D eigenvalue weighted by Crippen LogP contribution is -2.53. The smallest absolute Gasteiger partial charge is 0.313 e. The first-order valence-electron chi connectivity index (χ1n) is 9.66. The number of aromatic nitrogens is 1. The lowest BCUT2D eigenvalue weighted by Gasteiger charge is -2.34. The number of hydrogen-bond acceptors (Lipinski definition) is 4. The number of carbonyl (C=O) groups is 3. The Bertz CT molecular complexity index is 1070. The number of methoxy groups -OCH3 is 1. The number of benzene rings is 2. The van der Waals surface area contributed by atoms with Crippen molar-refractivity contribution in [3.05, 3.63) is 60.3 Å². The van der Waals surface area contributed by atoms with Gasteiger partial charge in [-0.05, 0) is 24.3 Å². The van der Waals surface area contributed by atoms with Crippen LogP contribution in [0.2, 0.25) is 0 Å². The van der Waals surface area contributed by atoms with Crippen molar-refractivity contribution in [2.75, 3.05) is 38.6 Å². The third-order valence-electron chi connectivity index (χ3n) is 5.14. The quantitative estimate of drug-likeness (QED) is 0.652. The van der Waals surface area contributed by atoms with Crippen molar-refractivity contribution in [3.8, 4) is 5.75 Å². The van der Waals surface area contributed by atoms with Crippen LogP contribution in [0.1, 0.15) is 10.5 Å². The molecule has 1 saturated heterocycles. The molecule has 0 aliphatic carbocycles. The standard InChI is InChI=1S/C22H22N4O4/c1-30-17-7-4-6-16(14-17)23-20(27)22(29)26-11-9-25(10-12-26)21(28)19-13-15-5-2-3-8-18(15)24-19/h2-8,13-14,24H,9-12H2,1H3,(H,23,27). The molecule has 8 nitrogen and oxygen atoms in total. The molecule has 2 aromatic carbocycles. The lowest BCUT2D eigenvalue weighted by molar-refractivity contribution is -0.144. The van der Waals surface area contributed by atoms with Gasteiger partial charge >= 0.3 is 11.8 Å². The molecule has 0 radical (unpaired) electrons. The number of ether oxygens (including phenoxy) is 1. The Hall–Kier alpha value is -3.81. The third-order valence-corrected chi connectivity index (χ3v) is 5.14. The fourth-order valence-corrected chi connectivity index (χ4v) is 3.50. The minimum Gasteiger partial charge on any atom is -0.497 e. The van der Waals surface area contributed by atoms with Crippen LogP contribution in [0, 0.1) is 0 Å². The van der Waals surface area contributed by atoms with Crippen molar-refractivity contribution < 1.29 is 19.1 Å². The highest BCUT2D eigenvalue weighted by atomic mass is 16.5. The minimum atomic E-state index is -0.710. The Morgan fingerprint density at radius 2 is 1.67 bits per heavy atom. The van der Waals surface area contributed by atoms with E-state index < -0.39 is 11.8 Å². The number of aromatic amines is 1. The second kappa shape index (κ2) is 8.28. The van der Waals surface area contributed by atoms with Gasteiger partial charge in [-0.25, -0.2) is 0 Å². The van der Waals surface area contributed by atoms with Crippen molar-refractivity contribution in [1.82, 2.24) is 14.8 Å². The van der Waals surface area contributed by atoms with E-state index in [-0.39, 0.29) is 5.91 Å². The number of hydrogen-bond donors (Lipinski definition) is 2. The van der Waals surface area contributed by atoms with E-state index in [0.29, 0.717) is 43.3 Å². The molecule has 1 aliphatic heterocycles. The Morgan fingerprint density at radius 1 is 0.933 bits per heavy atom. The summed E-state index contributed by atoms with van der Waals surface area (Å²) in [7, 11) is 1.53. The number of nitrogens with one attached hydrogen (secondary N) is 2. The number of amides is 3. The van der Waals surface area contributed by atoms with Gasteiger partial charge in [0.25, 0.3) is 5.91 Å². The summed E-state index contributed by atoms with van der Waals surface area (Å²) in [5.41, 5.74) is 1.91. The Kier molecular flexibility index (Phi) is 5.38. The van der Waals surface area contributed by atoms with Crippen LogP contribution in [0.5, 0.6) is 5.75 Å². The summed E-state index contributed by atoms with van der Waals surface area (Å²) in [5.74, 6) is -0.849. The predicted molar refractivity (Wildman–Crippen MR) is 112 cm³/mol. The van der Waals surface area contributed by atoms with E-state index in [1.165, 1.54) is 12.0 Å². The van der Waals surface area contributed by atoms with E-state index in [2.05, 4.69) is 10.3 Å². The van der Waals surface area contributed by atoms with Gasteiger partial charge in [-0.2, -0.15) is 0 Å². The summed E-state index contributed by atoms with van der Waals surface area (Å²) < 4.78 is 5.12. The number of nitrogens with zero attached hydrogens (tertiary/aromatic N) is 2. The van der Waals surface area contributed by atoms with Crippen LogP contribution < -0.4 is 10.1 Å². The van der Waals surface area contributed by atoms with E-state index in [1.807, 2.05) is 30.3 Å². The van der Waals surface area contributed by atoms with Crippen LogP contribution in [-0.4, -0.2) is 65.8 Å². The maximum Gasteiger partial charge on any atom is 0.313 e. The zero-order valence-corrected chi connectivity index (χ0v) is 16.6. The highest BCUT2D eigenvalue weighted by molar-refractivity contribution is 6.39. The van der Waals surface area contributed by atoms with Gasteiger partial charge in [-0.15, -0.1) is 0 Å². The second-order valence-electron chi connectivity index (χ2n) is 7.04. The first kappa shape index (κ1) is 19.5. The van der Waals surface area contributed by atoms with Crippen LogP contribution in [0.15, 0.2) is 54.6 Å². The first-order chi connectivity index (χ1) is 14.5. The third kappa shape index (κ3) is 3.98. The average molecular weight is 406 g/mol. The average Bonchev–Trinajstić information content (AvgIpc) is 3.22. The number of H-pyrrole nitrogens is 1. The van der Waals surface area contributed by atoms with E-state index in [1.54, 1.807) is 29.2 Å². The molecule has 0 unspecified atom stereocenters. The summed E-state index contributed by atoms with van der Waals surface area (Å²) >= 11 is 0. The normalized spacial score (nSPS) is 13.9. The monoisotopic (exact) mass is 406 g/mol. The molecular formula is C22H22N4O4. The van der Waals surface area contributed by atoms with E-state index in [9.17, 15) is 14.4 Å². The topological polar surface area (TPSA) is 94.7 Å². The zero-order valence-electron chi connectivity index (χ0n) is 16.6. The summed E-state index contributed by atoms with van der Waals surface area (Å²) in [6.07, 6.45) is 0. The number of rotatable bonds is 3. The fourth-order valence-electron chi connectivity index (χ4n) is 3.50. The van der Waals surface area contributed by atoms with Gasteiger partial charge in [0.15, 0.2) is 0 Å². The maximum absolute atomic E-state index is 12.8. The molecule has 1 fully saturated rings. The highest BCUT2D eigenvalue weighted by Gasteiger charge is 2.29. The molecule has 30 heavy (non-hydrogen) atoms. The summed E-state index contributed by atoms with van der Waals surface area (Å²) in [5, 5.41) is 3.57. The lowest BCUT2D eigenvalue weighted by atomic mass is 10.2. The molecular weight excluding hydrogens is 384 g/mol. The first-order valence-corrected chi connectivity index (χ1v) is 9.66. The van der Waals surface area contributed by atoms with Gasteiger partial charge < -0.3 is 24.8 Å². The largest absolute Gasteiger partial charge is 0.497 e. The van der Waals surface area contributed by atoms with Gasteiger partial charge in [-0.1, -0.05) is 24.3 Å². The molecule has 154 valence electrons. The molecule has 8 heteroatoms. The second-order valence-corrected chi connectivity index (χ2v) is 7.04. The molecule has 1 aliphatic rings. The van der Waals surface area contributed by atoms with Gasteiger partial charge in [-0.3, -0.25) is 14.4 Å². The van der Waals surface area contributed by atoms with Crippen molar-refractivity contribution in [1.29, 1.82) is 0 Å². The molecule has 0 atom stereocenters. The van der Waals surface area contributed by atoms with Crippen LogP contribution in [0.4, 0.5) is 5.69 Å². The molecule has 0 saturated carbocycles. The van der Waals surface area contributed by atoms with Gasteiger partial charge in [0, 0.05) is 48.8 Å². The molecule has 4 rings (SSSR count). The summed E-state index contributed by atoms with van der Waals surface area (Å²) in [6, 6.07) is 16.3. The Labute approximate surface area is 173 Å². The van der Waals surface area contributed by atoms with Crippen molar-refractivity contribution in [3.63, 3.8) is 0 Å². The molecule has 3 amide bonds. The van der Waals surface area contributed by atoms with Crippen LogP contribution in [0.25, 0.3) is 10.9 Å². The van der Waals surface area contributed by atoms with Gasteiger partial charge in [0.2, 0.25) is 0 Å². The summed E-state index contributed by atoms with van der Waals surface area (Å²) in [6.45, 7) is 1.34. The number of carbonyl (C=O) groups excluding carboxylic acids is 3. The van der Waals surface area contributed by atoms with Gasteiger partial charge in [0.1, 0.15) is 11.4 Å². The van der Waals surface area contributed by atoms with Crippen LogP contribution in [0.3, 0.4) is 0 Å². The van der Waals surface area contributed by atoms with Crippen molar-refractivity contribution in [2.24, 2.45) is 0 Å². The summed E-state index contributed by atoms with van der Waals surface area (Å²) in [4.78, 5) is 43.9. The van der Waals surface area contributed by atoms with E-state index in [4.69, 9.17) is 4.74 Å². The zero-order chi connectivity index (χ0) is 21.1. The van der Waals surface area contributed by atoms with Crippen LogP contribution in [-0.2, 0) is 9.59 Å². The number of para-hydroxylation sites is 1. The van der Waals surface area contributed by atoms with Crippen molar-refractivity contribution in [2.45, 2.75) is 0 Å².